The minimum Gasteiger partial charge on any atom is -0.342 e. The van der Waals surface area contributed by atoms with Crippen LogP contribution in [0.2, 0.25) is 0 Å². The zero-order valence-corrected chi connectivity index (χ0v) is 18.4. The summed E-state index contributed by atoms with van der Waals surface area (Å²) in [6, 6.07) is 2.63. The Kier molecular flexibility index (Phi) is 6.38. The second kappa shape index (κ2) is 8.99. The Labute approximate surface area is 175 Å². The Bertz CT molecular complexity index is 709. The molecule has 4 rings (SSSR count). The van der Waals surface area contributed by atoms with E-state index in [1.54, 1.807) is 0 Å². The molecular formula is C23H37N5O. The standard InChI is InChI=1S/C23H37N5O/c1-16(2)12-21-13-17(3)25-23(26-21)28-11-8-20(15-28)24-14-18-6-9-27(10-7-18)22(29)19-4-5-19/h13,16,18-20,24H,4-12,14-15H2,1-3H3. The second-order valence-electron chi connectivity index (χ2n) is 9.78. The predicted octanol–water partition coefficient (Wildman–Crippen LogP) is 2.80. The molecule has 1 unspecified atom stereocenters. The Morgan fingerprint density at radius 1 is 1.14 bits per heavy atom. The van der Waals surface area contributed by atoms with Crippen molar-refractivity contribution in [2.45, 2.75) is 65.3 Å². The van der Waals surface area contributed by atoms with E-state index in [-0.39, 0.29) is 0 Å². The van der Waals surface area contributed by atoms with Crippen molar-refractivity contribution < 1.29 is 4.79 Å². The molecule has 2 saturated heterocycles. The topological polar surface area (TPSA) is 61.4 Å². The average Bonchev–Trinajstić information content (AvgIpc) is 3.43. The highest BCUT2D eigenvalue weighted by Crippen LogP contribution is 2.32. The lowest BCUT2D eigenvalue weighted by atomic mass is 9.96. The van der Waals surface area contributed by atoms with Crippen LogP contribution in [0.25, 0.3) is 0 Å². The summed E-state index contributed by atoms with van der Waals surface area (Å²) in [6.45, 7) is 11.5. The van der Waals surface area contributed by atoms with Gasteiger partial charge in [-0.1, -0.05) is 13.8 Å². The van der Waals surface area contributed by atoms with E-state index >= 15 is 0 Å². The van der Waals surface area contributed by atoms with Crippen LogP contribution in [0.1, 0.15) is 57.3 Å². The number of carbonyl (C=O) groups excluding carboxylic acids is 1. The van der Waals surface area contributed by atoms with Crippen molar-refractivity contribution in [3.63, 3.8) is 0 Å². The van der Waals surface area contributed by atoms with E-state index < -0.39 is 0 Å². The van der Waals surface area contributed by atoms with E-state index in [4.69, 9.17) is 9.97 Å². The Morgan fingerprint density at radius 3 is 2.59 bits per heavy atom. The molecule has 1 aromatic heterocycles. The molecule has 0 aromatic carbocycles. The first-order chi connectivity index (χ1) is 14.0. The summed E-state index contributed by atoms with van der Waals surface area (Å²) in [5, 5.41) is 3.79. The van der Waals surface area contributed by atoms with Gasteiger partial charge in [-0.15, -0.1) is 0 Å². The average molecular weight is 400 g/mol. The van der Waals surface area contributed by atoms with Crippen LogP contribution in [0, 0.1) is 24.7 Å². The quantitative estimate of drug-likeness (QED) is 0.764. The molecule has 0 radical (unpaired) electrons. The zero-order chi connectivity index (χ0) is 20.4. The molecule has 6 heteroatoms. The van der Waals surface area contributed by atoms with Crippen LogP contribution in [0.4, 0.5) is 5.95 Å². The van der Waals surface area contributed by atoms with E-state index in [1.807, 2.05) is 0 Å². The van der Waals surface area contributed by atoms with Crippen molar-refractivity contribution in [2.24, 2.45) is 17.8 Å². The Balaban J connectivity index is 1.22. The molecule has 1 amide bonds. The molecule has 3 aliphatic rings. The minimum atomic E-state index is 0.360. The van der Waals surface area contributed by atoms with Crippen LogP contribution >= 0.6 is 0 Å². The molecule has 1 N–H and O–H groups in total. The molecule has 1 saturated carbocycles. The van der Waals surface area contributed by atoms with Crippen molar-refractivity contribution in [2.75, 3.05) is 37.6 Å². The summed E-state index contributed by atoms with van der Waals surface area (Å²) in [4.78, 5) is 26.2. The number of hydrogen-bond donors (Lipinski definition) is 1. The van der Waals surface area contributed by atoms with Gasteiger partial charge in [-0.3, -0.25) is 4.79 Å². The van der Waals surface area contributed by atoms with E-state index in [0.717, 1.165) is 88.6 Å². The summed E-state index contributed by atoms with van der Waals surface area (Å²) in [5.74, 6) is 2.98. The van der Waals surface area contributed by atoms with Gasteiger partial charge in [0.05, 0.1) is 0 Å². The van der Waals surface area contributed by atoms with Crippen molar-refractivity contribution in [3.8, 4) is 0 Å². The lowest BCUT2D eigenvalue weighted by Crippen LogP contribution is -2.43. The SMILES string of the molecule is Cc1cc(CC(C)C)nc(N2CCC(NCC3CCN(C(=O)C4CC4)CC3)C2)n1. The summed E-state index contributed by atoms with van der Waals surface area (Å²) in [5.41, 5.74) is 2.22. The molecule has 6 nitrogen and oxygen atoms in total. The molecule has 3 fully saturated rings. The zero-order valence-electron chi connectivity index (χ0n) is 18.4. The number of anilines is 1. The van der Waals surface area contributed by atoms with Gasteiger partial charge in [-0.25, -0.2) is 9.97 Å². The van der Waals surface area contributed by atoms with Gasteiger partial charge < -0.3 is 15.1 Å². The fraction of sp³-hybridized carbons (Fsp3) is 0.783. The van der Waals surface area contributed by atoms with Gasteiger partial charge in [0.2, 0.25) is 11.9 Å². The third kappa shape index (κ3) is 5.47. The van der Waals surface area contributed by atoms with Gasteiger partial charge >= 0.3 is 0 Å². The number of aromatic nitrogens is 2. The predicted molar refractivity (Wildman–Crippen MR) is 116 cm³/mol. The van der Waals surface area contributed by atoms with Crippen LogP contribution in [0.3, 0.4) is 0 Å². The molecule has 160 valence electrons. The fourth-order valence-electron chi connectivity index (χ4n) is 4.67. The molecule has 3 heterocycles. The number of carbonyl (C=O) groups is 1. The molecule has 0 spiro atoms. The number of likely N-dealkylation sites (tertiary alicyclic amines) is 1. The van der Waals surface area contributed by atoms with E-state index in [0.29, 0.717) is 29.7 Å². The van der Waals surface area contributed by atoms with Gasteiger partial charge in [-0.2, -0.15) is 0 Å². The monoisotopic (exact) mass is 399 g/mol. The Morgan fingerprint density at radius 2 is 1.90 bits per heavy atom. The third-order valence-electron chi connectivity index (χ3n) is 6.53. The van der Waals surface area contributed by atoms with Crippen LogP contribution in [-0.4, -0.2) is 59.5 Å². The molecular weight excluding hydrogens is 362 g/mol. The molecule has 2 aliphatic heterocycles. The summed E-state index contributed by atoms with van der Waals surface area (Å²) in [6.07, 6.45) is 6.66. The highest BCUT2D eigenvalue weighted by Gasteiger charge is 2.35. The number of nitrogens with one attached hydrogen (secondary N) is 1. The van der Waals surface area contributed by atoms with Gasteiger partial charge in [0.15, 0.2) is 0 Å². The Hall–Kier alpha value is -1.69. The molecule has 1 aliphatic carbocycles. The first kappa shape index (κ1) is 20.6. The van der Waals surface area contributed by atoms with E-state index in [2.05, 4.69) is 42.0 Å². The minimum absolute atomic E-state index is 0.360. The fourth-order valence-corrected chi connectivity index (χ4v) is 4.67. The number of piperidine rings is 1. The lowest BCUT2D eigenvalue weighted by molar-refractivity contribution is -0.133. The van der Waals surface area contributed by atoms with Crippen LogP contribution in [0.15, 0.2) is 6.07 Å². The summed E-state index contributed by atoms with van der Waals surface area (Å²) >= 11 is 0. The summed E-state index contributed by atoms with van der Waals surface area (Å²) < 4.78 is 0. The molecule has 0 bridgehead atoms. The van der Waals surface area contributed by atoms with Gasteiger partial charge in [0.25, 0.3) is 0 Å². The summed E-state index contributed by atoms with van der Waals surface area (Å²) in [7, 11) is 0. The van der Waals surface area contributed by atoms with E-state index in [1.165, 1.54) is 0 Å². The normalized spacial score (nSPS) is 23.2. The van der Waals surface area contributed by atoms with Gasteiger partial charge in [0.1, 0.15) is 0 Å². The largest absolute Gasteiger partial charge is 0.342 e. The number of aryl methyl sites for hydroxylation is 1. The molecule has 29 heavy (non-hydrogen) atoms. The van der Waals surface area contributed by atoms with Crippen molar-refractivity contribution in [1.82, 2.24) is 20.2 Å². The first-order valence-electron chi connectivity index (χ1n) is 11.6. The smallest absolute Gasteiger partial charge is 0.225 e. The highest BCUT2D eigenvalue weighted by molar-refractivity contribution is 5.81. The van der Waals surface area contributed by atoms with Crippen molar-refractivity contribution in [3.05, 3.63) is 17.5 Å². The number of amides is 1. The molecule has 1 atom stereocenters. The maximum Gasteiger partial charge on any atom is 0.225 e. The van der Waals surface area contributed by atoms with Gasteiger partial charge in [-0.05, 0) is 69.9 Å². The maximum absolute atomic E-state index is 12.2. The lowest BCUT2D eigenvalue weighted by Gasteiger charge is -2.32. The van der Waals surface area contributed by atoms with Crippen molar-refractivity contribution in [1.29, 1.82) is 0 Å². The van der Waals surface area contributed by atoms with Crippen molar-refractivity contribution >= 4 is 11.9 Å². The number of hydrogen-bond acceptors (Lipinski definition) is 5. The van der Waals surface area contributed by atoms with Crippen LogP contribution in [-0.2, 0) is 11.2 Å². The number of nitrogens with zero attached hydrogens (tertiary/aromatic N) is 4. The van der Waals surface area contributed by atoms with E-state index in [9.17, 15) is 4.79 Å². The van der Waals surface area contributed by atoms with Crippen LogP contribution in [0.5, 0.6) is 0 Å². The number of rotatable bonds is 7. The third-order valence-corrected chi connectivity index (χ3v) is 6.53. The first-order valence-corrected chi connectivity index (χ1v) is 11.6. The second-order valence-corrected chi connectivity index (χ2v) is 9.78. The van der Waals surface area contributed by atoms with Crippen LogP contribution < -0.4 is 10.2 Å². The van der Waals surface area contributed by atoms with Gasteiger partial charge in [0, 0.05) is 49.5 Å². The maximum atomic E-state index is 12.2. The highest BCUT2D eigenvalue weighted by atomic mass is 16.2. The molecule has 1 aromatic rings.